The number of hydrogen-bond donors (Lipinski definition) is 2. The van der Waals surface area contributed by atoms with Gasteiger partial charge in [-0.25, -0.2) is 0 Å². The van der Waals surface area contributed by atoms with E-state index >= 15 is 0 Å². The molecule has 0 saturated carbocycles. The monoisotopic (exact) mass is 375 g/mol. The number of likely N-dealkylation sites (tertiary alicyclic amines) is 1. The molecule has 3 N–H and O–H groups in total. The van der Waals surface area contributed by atoms with Gasteiger partial charge in [0.15, 0.2) is 0 Å². The molecule has 0 aliphatic carbocycles. The van der Waals surface area contributed by atoms with Crippen LogP contribution in [0.4, 0.5) is 0 Å². The fourth-order valence-corrected chi connectivity index (χ4v) is 3.48. The zero-order valence-corrected chi connectivity index (χ0v) is 16.4. The number of carbonyl (C=O) groups is 2. The minimum Gasteiger partial charge on any atom is -0.496 e. The third-order valence-electron chi connectivity index (χ3n) is 5.10. The number of ether oxygens (including phenoxy) is 1. The van der Waals surface area contributed by atoms with E-state index in [1.807, 2.05) is 29.2 Å². The van der Waals surface area contributed by atoms with Crippen molar-refractivity contribution in [1.82, 2.24) is 10.2 Å². The predicted molar refractivity (Wildman–Crippen MR) is 107 cm³/mol. The lowest BCUT2D eigenvalue weighted by molar-refractivity contribution is -0.131. The van der Waals surface area contributed by atoms with Crippen LogP contribution in [-0.4, -0.2) is 49.5 Å². The molecule has 0 unspecified atom stereocenters. The lowest BCUT2D eigenvalue weighted by Gasteiger charge is -2.32. The van der Waals surface area contributed by atoms with E-state index in [1.165, 1.54) is 0 Å². The van der Waals surface area contributed by atoms with Crippen molar-refractivity contribution in [2.75, 3.05) is 26.7 Å². The van der Waals surface area contributed by atoms with Crippen LogP contribution in [0.1, 0.15) is 50.5 Å². The molecule has 1 fully saturated rings. The number of rotatable bonds is 10. The van der Waals surface area contributed by atoms with E-state index in [2.05, 4.69) is 5.32 Å². The highest BCUT2D eigenvalue weighted by atomic mass is 16.5. The number of nitrogens with zero attached hydrogens (tertiary/aromatic N) is 1. The molecular formula is C21H33N3O3. The Morgan fingerprint density at radius 3 is 2.56 bits per heavy atom. The van der Waals surface area contributed by atoms with Crippen molar-refractivity contribution >= 4 is 11.8 Å². The van der Waals surface area contributed by atoms with Gasteiger partial charge >= 0.3 is 0 Å². The number of piperidine rings is 1. The summed E-state index contributed by atoms with van der Waals surface area (Å²) in [6.45, 7) is 2.10. The molecule has 6 heteroatoms. The second-order valence-electron chi connectivity index (χ2n) is 7.16. The Hall–Kier alpha value is -2.08. The summed E-state index contributed by atoms with van der Waals surface area (Å²) >= 11 is 0. The summed E-state index contributed by atoms with van der Waals surface area (Å²) in [4.78, 5) is 26.5. The maximum atomic E-state index is 12.6. The highest BCUT2D eigenvalue weighted by molar-refractivity contribution is 5.80. The molecule has 1 saturated heterocycles. The molecule has 1 aromatic carbocycles. The predicted octanol–water partition coefficient (Wildman–Crippen LogP) is 2.25. The lowest BCUT2D eigenvalue weighted by Crippen LogP contribution is -2.46. The van der Waals surface area contributed by atoms with Crippen LogP contribution in [0.5, 0.6) is 5.75 Å². The second kappa shape index (κ2) is 11.6. The molecule has 1 aliphatic heterocycles. The number of amides is 2. The first kappa shape index (κ1) is 21.2. The van der Waals surface area contributed by atoms with Gasteiger partial charge < -0.3 is 20.7 Å². The topological polar surface area (TPSA) is 84.7 Å². The molecule has 0 radical (unpaired) electrons. The molecule has 1 aromatic rings. The van der Waals surface area contributed by atoms with Gasteiger partial charge in [-0.05, 0) is 38.3 Å². The summed E-state index contributed by atoms with van der Waals surface area (Å²) in [5.74, 6) is 0.991. The Kier molecular flexibility index (Phi) is 9.11. The molecular weight excluding hydrogens is 342 g/mol. The van der Waals surface area contributed by atoms with Crippen molar-refractivity contribution in [1.29, 1.82) is 0 Å². The van der Waals surface area contributed by atoms with Gasteiger partial charge in [0.1, 0.15) is 5.75 Å². The van der Waals surface area contributed by atoms with E-state index in [0.29, 0.717) is 25.9 Å². The van der Waals surface area contributed by atoms with Gasteiger partial charge in [0.25, 0.3) is 0 Å². The molecule has 0 aromatic heterocycles. The molecule has 2 rings (SSSR count). The van der Waals surface area contributed by atoms with E-state index in [-0.39, 0.29) is 17.9 Å². The summed E-state index contributed by atoms with van der Waals surface area (Å²) in [6, 6.07) is 7.80. The van der Waals surface area contributed by atoms with Crippen molar-refractivity contribution in [3.63, 3.8) is 0 Å². The van der Waals surface area contributed by atoms with Crippen molar-refractivity contribution in [3.05, 3.63) is 29.8 Å². The van der Waals surface area contributed by atoms with Gasteiger partial charge in [0, 0.05) is 31.1 Å². The van der Waals surface area contributed by atoms with Crippen LogP contribution >= 0.6 is 0 Å². The van der Waals surface area contributed by atoms with Crippen LogP contribution in [-0.2, 0) is 16.0 Å². The zero-order valence-electron chi connectivity index (χ0n) is 16.4. The lowest BCUT2D eigenvalue weighted by atomic mass is 10.0. The van der Waals surface area contributed by atoms with Crippen LogP contribution in [0.2, 0.25) is 0 Å². The third kappa shape index (κ3) is 7.21. The average molecular weight is 376 g/mol. The first-order valence-corrected chi connectivity index (χ1v) is 10.0. The largest absolute Gasteiger partial charge is 0.496 e. The zero-order chi connectivity index (χ0) is 19.5. The number of unbranched alkanes of at least 4 members (excludes halogenated alkanes) is 3. The number of nitrogens with one attached hydrogen (secondary N) is 1. The minimum absolute atomic E-state index is 0.115. The summed E-state index contributed by atoms with van der Waals surface area (Å²) < 4.78 is 5.32. The van der Waals surface area contributed by atoms with Gasteiger partial charge in [-0.2, -0.15) is 0 Å². The number of hydrogen-bond acceptors (Lipinski definition) is 4. The van der Waals surface area contributed by atoms with Gasteiger partial charge in [-0.1, -0.05) is 31.0 Å². The standard InChI is InChI=1S/C21H33N3O3/c1-27-19-9-6-5-8-17(19)16-21(26)24-14-11-18(12-15-24)23-20(25)10-4-2-3-7-13-22/h5-6,8-9,18H,2-4,7,10-16,22H2,1H3,(H,23,25). The Labute approximate surface area is 162 Å². The summed E-state index contributed by atoms with van der Waals surface area (Å²) in [7, 11) is 1.62. The van der Waals surface area contributed by atoms with E-state index in [9.17, 15) is 9.59 Å². The van der Waals surface area contributed by atoms with Crippen molar-refractivity contribution < 1.29 is 14.3 Å². The molecule has 1 aliphatic rings. The molecule has 0 spiro atoms. The van der Waals surface area contributed by atoms with Crippen LogP contribution in [0.3, 0.4) is 0 Å². The Bertz CT molecular complexity index is 598. The van der Waals surface area contributed by atoms with E-state index < -0.39 is 0 Å². The van der Waals surface area contributed by atoms with Crippen LogP contribution < -0.4 is 15.8 Å². The Morgan fingerprint density at radius 1 is 1.15 bits per heavy atom. The highest BCUT2D eigenvalue weighted by Gasteiger charge is 2.24. The van der Waals surface area contributed by atoms with Crippen molar-refractivity contribution in [2.45, 2.75) is 57.4 Å². The van der Waals surface area contributed by atoms with E-state index in [1.54, 1.807) is 7.11 Å². The summed E-state index contributed by atoms with van der Waals surface area (Å²) in [5, 5.41) is 3.12. The number of carbonyl (C=O) groups excluding carboxylic acids is 2. The van der Waals surface area contributed by atoms with Gasteiger partial charge in [-0.15, -0.1) is 0 Å². The van der Waals surface area contributed by atoms with Crippen molar-refractivity contribution in [3.8, 4) is 5.75 Å². The molecule has 2 amide bonds. The second-order valence-corrected chi connectivity index (χ2v) is 7.16. The fourth-order valence-electron chi connectivity index (χ4n) is 3.48. The van der Waals surface area contributed by atoms with Gasteiger partial charge in [0.05, 0.1) is 13.5 Å². The molecule has 6 nitrogen and oxygen atoms in total. The first-order valence-electron chi connectivity index (χ1n) is 10.0. The quantitative estimate of drug-likeness (QED) is 0.614. The maximum Gasteiger partial charge on any atom is 0.227 e. The molecule has 0 bridgehead atoms. The van der Waals surface area contributed by atoms with E-state index in [4.69, 9.17) is 10.5 Å². The highest BCUT2D eigenvalue weighted by Crippen LogP contribution is 2.20. The number of nitrogens with two attached hydrogens (primary N) is 1. The fraction of sp³-hybridized carbons (Fsp3) is 0.619. The molecule has 0 atom stereocenters. The van der Waals surface area contributed by atoms with Crippen LogP contribution in [0.25, 0.3) is 0 Å². The summed E-state index contributed by atoms with van der Waals surface area (Å²) in [6.07, 6.45) is 6.66. The Balaban J connectivity index is 1.68. The molecule has 150 valence electrons. The molecule has 27 heavy (non-hydrogen) atoms. The van der Waals surface area contributed by atoms with Gasteiger partial charge in [-0.3, -0.25) is 9.59 Å². The normalized spacial score (nSPS) is 14.8. The van der Waals surface area contributed by atoms with Crippen molar-refractivity contribution in [2.24, 2.45) is 5.73 Å². The number of benzene rings is 1. The van der Waals surface area contributed by atoms with E-state index in [0.717, 1.165) is 56.4 Å². The van der Waals surface area contributed by atoms with Crippen LogP contribution in [0.15, 0.2) is 24.3 Å². The number of para-hydroxylation sites is 1. The summed E-state index contributed by atoms with van der Waals surface area (Å²) in [5.41, 5.74) is 6.38. The number of methoxy groups -OCH3 is 1. The average Bonchev–Trinajstić information content (AvgIpc) is 2.68. The maximum absolute atomic E-state index is 12.6. The molecule has 1 heterocycles. The Morgan fingerprint density at radius 2 is 1.85 bits per heavy atom. The minimum atomic E-state index is 0.115. The smallest absolute Gasteiger partial charge is 0.227 e. The third-order valence-corrected chi connectivity index (χ3v) is 5.10. The van der Waals surface area contributed by atoms with Crippen LogP contribution in [0, 0.1) is 0 Å². The van der Waals surface area contributed by atoms with Gasteiger partial charge in [0.2, 0.25) is 11.8 Å². The first-order chi connectivity index (χ1) is 13.1. The SMILES string of the molecule is COc1ccccc1CC(=O)N1CCC(NC(=O)CCCCCCN)CC1.